The molecule has 0 aromatic rings. The predicted octanol–water partition coefficient (Wildman–Crippen LogP) is 2.58. The molecule has 2 heteroatoms. The van der Waals surface area contributed by atoms with Crippen LogP contribution in [0.15, 0.2) is 0 Å². The third-order valence-corrected chi connectivity index (χ3v) is 2.73. The van der Waals surface area contributed by atoms with Gasteiger partial charge in [-0.15, -0.1) is 0 Å². The molecule has 0 aliphatic rings. The lowest BCUT2D eigenvalue weighted by molar-refractivity contribution is -0.0787. The zero-order chi connectivity index (χ0) is 10.5. The molecule has 0 radical (unpaired) electrons. The molecule has 2 unspecified atom stereocenters. The first kappa shape index (κ1) is 12.9. The Morgan fingerprint density at radius 1 is 1.31 bits per heavy atom. The maximum Gasteiger partial charge on any atom is 0.0706 e. The maximum absolute atomic E-state index is 5.97. The molecule has 80 valence electrons. The molecule has 0 saturated heterocycles. The summed E-state index contributed by atoms with van der Waals surface area (Å²) in [6.07, 6.45) is 2.44. The van der Waals surface area contributed by atoms with Crippen molar-refractivity contribution in [2.45, 2.75) is 65.2 Å². The van der Waals surface area contributed by atoms with Crippen molar-refractivity contribution >= 4 is 0 Å². The zero-order valence-electron chi connectivity index (χ0n) is 9.98. The van der Waals surface area contributed by atoms with E-state index in [0.29, 0.717) is 6.04 Å². The van der Waals surface area contributed by atoms with Gasteiger partial charge in [0.15, 0.2) is 0 Å². The first-order valence-electron chi connectivity index (χ1n) is 5.32. The van der Waals surface area contributed by atoms with Gasteiger partial charge in [-0.1, -0.05) is 13.8 Å². The van der Waals surface area contributed by atoms with Crippen LogP contribution in [-0.4, -0.2) is 24.8 Å². The molecular formula is C11H25NO. The third-order valence-electron chi connectivity index (χ3n) is 2.73. The molecule has 2 nitrogen and oxygen atoms in total. The fourth-order valence-corrected chi connectivity index (χ4v) is 1.44. The standard InChI is InChI=1S/C11H25NO/c1-7-10(12-6)9(3)13-11(4,5)8-2/h9-10,12H,7-8H2,1-6H3. The number of nitrogens with one attached hydrogen (secondary N) is 1. The second-order valence-electron chi connectivity index (χ2n) is 4.24. The van der Waals surface area contributed by atoms with Crippen LogP contribution in [0.25, 0.3) is 0 Å². The molecule has 0 rings (SSSR count). The van der Waals surface area contributed by atoms with Gasteiger partial charge in [-0.25, -0.2) is 0 Å². The minimum atomic E-state index is 0.00366. The Labute approximate surface area is 83.1 Å². The normalized spacial score (nSPS) is 17.1. The molecule has 13 heavy (non-hydrogen) atoms. The highest BCUT2D eigenvalue weighted by atomic mass is 16.5. The van der Waals surface area contributed by atoms with Crippen LogP contribution < -0.4 is 5.32 Å². The number of rotatable bonds is 6. The van der Waals surface area contributed by atoms with Crippen LogP contribution in [0.1, 0.15) is 47.5 Å². The highest BCUT2D eigenvalue weighted by molar-refractivity contribution is 4.75. The third kappa shape index (κ3) is 4.63. The molecule has 0 amide bonds. The van der Waals surface area contributed by atoms with E-state index in [0.717, 1.165) is 12.8 Å². The van der Waals surface area contributed by atoms with Gasteiger partial charge in [0.1, 0.15) is 0 Å². The fourth-order valence-electron chi connectivity index (χ4n) is 1.44. The van der Waals surface area contributed by atoms with Gasteiger partial charge in [0.2, 0.25) is 0 Å². The lowest BCUT2D eigenvalue weighted by Gasteiger charge is -2.32. The number of ether oxygens (including phenoxy) is 1. The molecule has 0 aromatic heterocycles. The summed E-state index contributed by atoms with van der Waals surface area (Å²) in [5, 5.41) is 3.27. The second kappa shape index (κ2) is 5.61. The van der Waals surface area contributed by atoms with Crippen molar-refractivity contribution in [3.8, 4) is 0 Å². The minimum Gasteiger partial charge on any atom is -0.371 e. The van der Waals surface area contributed by atoms with Gasteiger partial charge < -0.3 is 10.1 Å². The molecule has 0 spiro atoms. The van der Waals surface area contributed by atoms with E-state index in [1.165, 1.54) is 0 Å². The Bertz CT molecular complexity index is 130. The van der Waals surface area contributed by atoms with Crippen LogP contribution in [-0.2, 0) is 4.74 Å². The highest BCUT2D eigenvalue weighted by Gasteiger charge is 2.23. The van der Waals surface area contributed by atoms with Crippen LogP contribution in [0.3, 0.4) is 0 Å². The molecule has 0 saturated carbocycles. The average Bonchev–Trinajstić information content (AvgIpc) is 2.06. The fraction of sp³-hybridized carbons (Fsp3) is 1.00. The van der Waals surface area contributed by atoms with E-state index in [1.54, 1.807) is 0 Å². The van der Waals surface area contributed by atoms with Crippen LogP contribution in [0, 0.1) is 0 Å². The average molecular weight is 187 g/mol. The molecule has 1 N–H and O–H groups in total. The van der Waals surface area contributed by atoms with E-state index >= 15 is 0 Å². The van der Waals surface area contributed by atoms with Gasteiger partial charge >= 0.3 is 0 Å². The van der Waals surface area contributed by atoms with E-state index in [1.807, 2.05) is 7.05 Å². The van der Waals surface area contributed by atoms with Crippen molar-refractivity contribution in [3.63, 3.8) is 0 Å². The Balaban J connectivity index is 4.04. The minimum absolute atomic E-state index is 0.00366. The number of likely N-dealkylation sites (N-methyl/N-ethyl adjacent to an activating group) is 1. The summed E-state index contributed by atoms with van der Waals surface area (Å²) in [6, 6.07) is 0.464. The van der Waals surface area contributed by atoms with Gasteiger partial charge in [0.25, 0.3) is 0 Å². The van der Waals surface area contributed by atoms with Crippen LogP contribution in [0.2, 0.25) is 0 Å². The van der Waals surface area contributed by atoms with E-state index in [2.05, 4.69) is 39.9 Å². The zero-order valence-corrected chi connectivity index (χ0v) is 9.98. The van der Waals surface area contributed by atoms with Crippen molar-refractivity contribution < 1.29 is 4.74 Å². The van der Waals surface area contributed by atoms with E-state index in [4.69, 9.17) is 4.74 Å². The van der Waals surface area contributed by atoms with Gasteiger partial charge in [0, 0.05) is 6.04 Å². The number of hydrogen-bond donors (Lipinski definition) is 1. The maximum atomic E-state index is 5.97. The van der Waals surface area contributed by atoms with E-state index < -0.39 is 0 Å². The summed E-state index contributed by atoms with van der Waals surface area (Å²) in [6.45, 7) is 10.8. The van der Waals surface area contributed by atoms with Crippen molar-refractivity contribution in [1.29, 1.82) is 0 Å². The summed E-state index contributed by atoms with van der Waals surface area (Å²) < 4.78 is 5.97. The lowest BCUT2D eigenvalue weighted by atomic mass is 10.0. The SMILES string of the molecule is CCC(NC)C(C)OC(C)(C)CC. The largest absolute Gasteiger partial charge is 0.371 e. The van der Waals surface area contributed by atoms with Crippen LogP contribution in [0.5, 0.6) is 0 Å². The van der Waals surface area contributed by atoms with E-state index in [9.17, 15) is 0 Å². The smallest absolute Gasteiger partial charge is 0.0706 e. The first-order chi connectivity index (χ1) is 5.96. The van der Waals surface area contributed by atoms with Crippen molar-refractivity contribution in [1.82, 2.24) is 5.32 Å². The summed E-state index contributed by atoms with van der Waals surface area (Å²) in [5.41, 5.74) is 0.00366. The Hall–Kier alpha value is -0.0800. The van der Waals surface area contributed by atoms with Crippen molar-refractivity contribution in [2.75, 3.05) is 7.05 Å². The van der Waals surface area contributed by atoms with Gasteiger partial charge in [0.05, 0.1) is 11.7 Å². The summed E-state index contributed by atoms with van der Waals surface area (Å²) >= 11 is 0. The highest BCUT2D eigenvalue weighted by Crippen LogP contribution is 2.18. The molecule has 0 heterocycles. The molecular weight excluding hydrogens is 162 g/mol. The summed E-state index contributed by atoms with van der Waals surface area (Å²) in [7, 11) is 1.99. The molecule has 0 aromatic carbocycles. The predicted molar refractivity (Wildman–Crippen MR) is 58.1 cm³/mol. The van der Waals surface area contributed by atoms with Gasteiger partial charge in [-0.3, -0.25) is 0 Å². The molecule has 0 aliphatic carbocycles. The molecule has 0 fully saturated rings. The molecule has 0 bridgehead atoms. The van der Waals surface area contributed by atoms with Crippen LogP contribution >= 0.6 is 0 Å². The van der Waals surface area contributed by atoms with Gasteiger partial charge in [-0.05, 0) is 40.7 Å². The lowest BCUT2D eigenvalue weighted by Crippen LogP contribution is -2.41. The Kier molecular flexibility index (Phi) is 5.57. The number of hydrogen-bond acceptors (Lipinski definition) is 2. The van der Waals surface area contributed by atoms with Crippen LogP contribution in [0.4, 0.5) is 0 Å². The summed E-state index contributed by atoms with van der Waals surface area (Å²) in [4.78, 5) is 0. The Morgan fingerprint density at radius 3 is 2.15 bits per heavy atom. The molecule has 0 aliphatic heterocycles. The van der Waals surface area contributed by atoms with Crippen molar-refractivity contribution in [3.05, 3.63) is 0 Å². The summed E-state index contributed by atoms with van der Waals surface area (Å²) in [5.74, 6) is 0. The van der Waals surface area contributed by atoms with E-state index in [-0.39, 0.29) is 11.7 Å². The van der Waals surface area contributed by atoms with Gasteiger partial charge in [-0.2, -0.15) is 0 Å². The Morgan fingerprint density at radius 2 is 1.85 bits per heavy atom. The molecule has 2 atom stereocenters. The quantitative estimate of drug-likeness (QED) is 0.690. The topological polar surface area (TPSA) is 21.3 Å². The second-order valence-corrected chi connectivity index (χ2v) is 4.24. The monoisotopic (exact) mass is 187 g/mol. The van der Waals surface area contributed by atoms with Crippen molar-refractivity contribution in [2.24, 2.45) is 0 Å². The first-order valence-corrected chi connectivity index (χ1v) is 5.32.